The van der Waals surface area contributed by atoms with Crippen molar-refractivity contribution in [3.05, 3.63) is 60.8 Å². The molecule has 4 saturated heterocycles. The van der Waals surface area contributed by atoms with E-state index < -0.39 is 0 Å². The number of aromatic nitrogens is 3. The Kier molecular flexibility index (Phi) is 5.89. The molecule has 34 heavy (non-hydrogen) atoms. The van der Waals surface area contributed by atoms with Gasteiger partial charge in [0.1, 0.15) is 5.69 Å². The average molecular weight is 458 g/mol. The highest BCUT2D eigenvalue weighted by Gasteiger charge is 2.44. The number of fused-ring (bicyclic) bond motifs is 3. The van der Waals surface area contributed by atoms with Gasteiger partial charge in [-0.3, -0.25) is 14.4 Å². The molecule has 3 aromatic rings. The number of benzene rings is 2. The van der Waals surface area contributed by atoms with Crippen LogP contribution in [0.15, 0.2) is 60.8 Å². The molecule has 0 aliphatic carbocycles. The Morgan fingerprint density at radius 1 is 0.941 bits per heavy atom. The molecule has 0 spiro atoms. The van der Waals surface area contributed by atoms with Crippen LogP contribution in [0.3, 0.4) is 0 Å². The fraction of sp³-hybridized carbons (Fsp3) is 0.444. The summed E-state index contributed by atoms with van der Waals surface area (Å²) in [5.74, 6) is 0.940. The minimum absolute atomic E-state index is 0.137. The molecule has 2 aromatic carbocycles. The van der Waals surface area contributed by atoms with E-state index in [1.807, 2.05) is 15.6 Å². The van der Waals surface area contributed by atoms with E-state index in [1.54, 1.807) is 0 Å². The first-order chi connectivity index (χ1) is 16.7. The van der Waals surface area contributed by atoms with Gasteiger partial charge >= 0.3 is 0 Å². The van der Waals surface area contributed by atoms with Crippen LogP contribution in [0.4, 0.5) is 0 Å². The van der Waals surface area contributed by atoms with E-state index in [4.69, 9.17) is 4.74 Å². The van der Waals surface area contributed by atoms with Gasteiger partial charge in [0, 0.05) is 31.2 Å². The molecule has 1 amide bonds. The van der Waals surface area contributed by atoms with Crippen LogP contribution in [0.5, 0.6) is 0 Å². The molecule has 4 atom stereocenters. The maximum Gasteiger partial charge on any atom is 0.227 e. The summed E-state index contributed by atoms with van der Waals surface area (Å²) in [4.78, 5) is 17.6. The first-order valence-corrected chi connectivity index (χ1v) is 12.4. The van der Waals surface area contributed by atoms with Crippen LogP contribution in [0, 0.1) is 11.8 Å². The fourth-order valence-electron chi connectivity index (χ4n) is 5.83. The van der Waals surface area contributed by atoms with Crippen LogP contribution in [0.1, 0.15) is 12.8 Å². The van der Waals surface area contributed by atoms with Gasteiger partial charge in [-0.2, -0.15) is 0 Å². The van der Waals surface area contributed by atoms with Gasteiger partial charge in [-0.1, -0.05) is 59.8 Å². The molecule has 0 radical (unpaired) electrons. The number of morpholine rings is 1. The second-order valence-corrected chi connectivity index (χ2v) is 9.75. The number of hydrogen-bond donors (Lipinski definition) is 0. The maximum absolute atomic E-state index is 13.1. The van der Waals surface area contributed by atoms with E-state index in [0.717, 1.165) is 56.8 Å². The summed E-state index contributed by atoms with van der Waals surface area (Å²) < 4.78 is 7.40. The maximum atomic E-state index is 13.1. The van der Waals surface area contributed by atoms with E-state index >= 15 is 0 Å². The van der Waals surface area contributed by atoms with E-state index in [1.165, 1.54) is 11.1 Å². The SMILES string of the molecule is O=C(C1CN2CCC1CC2Cn1cc(-c2ccc(-c3ccccc3)cc2)nn1)N1CCOCC1. The van der Waals surface area contributed by atoms with Crippen LogP contribution in [0.25, 0.3) is 22.4 Å². The number of piperidine rings is 3. The fourth-order valence-corrected chi connectivity index (χ4v) is 5.83. The Bertz CT molecular complexity index is 1120. The minimum Gasteiger partial charge on any atom is -0.378 e. The predicted octanol–water partition coefficient (Wildman–Crippen LogP) is 3.18. The lowest BCUT2D eigenvalue weighted by molar-refractivity contribution is -0.148. The molecule has 2 bridgehead atoms. The van der Waals surface area contributed by atoms with Crippen LogP contribution >= 0.6 is 0 Å². The summed E-state index contributed by atoms with van der Waals surface area (Å²) in [6.45, 7) is 5.57. The molecule has 1 aromatic heterocycles. The summed E-state index contributed by atoms with van der Waals surface area (Å²) in [7, 11) is 0. The molecule has 7 rings (SSSR count). The molecule has 4 aliphatic heterocycles. The van der Waals surface area contributed by atoms with Gasteiger partial charge in [0.2, 0.25) is 5.91 Å². The third-order valence-electron chi connectivity index (χ3n) is 7.74. The molecule has 4 unspecified atom stereocenters. The minimum atomic E-state index is 0.137. The Morgan fingerprint density at radius 3 is 2.41 bits per heavy atom. The van der Waals surface area contributed by atoms with Gasteiger partial charge < -0.3 is 9.64 Å². The van der Waals surface area contributed by atoms with Crippen molar-refractivity contribution in [3.8, 4) is 22.4 Å². The summed E-state index contributed by atoms with van der Waals surface area (Å²) >= 11 is 0. The molecular formula is C27H31N5O2. The predicted molar refractivity (Wildman–Crippen MR) is 130 cm³/mol. The summed E-state index contributed by atoms with van der Waals surface area (Å²) in [6, 6.07) is 19.3. The van der Waals surface area contributed by atoms with Gasteiger partial charge in [-0.25, -0.2) is 0 Å². The zero-order chi connectivity index (χ0) is 22.9. The van der Waals surface area contributed by atoms with E-state index in [2.05, 4.69) is 69.9 Å². The number of hydrogen-bond acceptors (Lipinski definition) is 5. The van der Waals surface area contributed by atoms with Crippen molar-refractivity contribution >= 4 is 5.91 Å². The highest BCUT2D eigenvalue weighted by molar-refractivity contribution is 5.80. The third-order valence-corrected chi connectivity index (χ3v) is 7.74. The van der Waals surface area contributed by atoms with Gasteiger partial charge in [0.25, 0.3) is 0 Å². The quantitative estimate of drug-likeness (QED) is 0.589. The van der Waals surface area contributed by atoms with Crippen molar-refractivity contribution in [2.75, 3.05) is 39.4 Å². The van der Waals surface area contributed by atoms with Gasteiger partial charge in [0.15, 0.2) is 0 Å². The van der Waals surface area contributed by atoms with Crippen molar-refractivity contribution in [1.29, 1.82) is 0 Å². The van der Waals surface area contributed by atoms with Crippen LogP contribution in [-0.4, -0.2) is 76.1 Å². The summed E-state index contributed by atoms with van der Waals surface area (Å²) in [5.41, 5.74) is 4.39. The Morgan fingerprint density at radius 2 is 1.68 bits per heavy atom. The lowest BCUT2D eigenvalue weighted by Crippen LogP contribution is -2.59. The number of ether oxygens (including phenoxy) is 1. The highest BCUT2D eigenvalue weighted by atomic mass is 16.5. The zero-order valence-corrected chi connectivity index (χ0v) is 19.4. The topological polar surface area (TPSA) is 63.5 Å². The second kappa shape index (κ2) is 9.31. The van der Waals surface area contributed by atoms with Crippen LogP contribution < -0.4 is 0 Å². The van der Waals surface area contributed by atoms with E-state index in [-0.39, 0.29) is 5.92 Å². The number of carbonyl (C=O) groups is 1. The molecule has 0 N–H and O–H groups in total. The molecule has 0 saturated carbocycles. The molecule has 4 aliphatic rings. The number of carbonyl (C=O) groups excluding carboxylic acids is 1. The summed E-state index contributed by atoms with van der Waals surface area (Å²) in [6.07, 6.45) is 4.23. The van der Waals surface area contributed by atoms with Gasteiger partial charge in [-0.05, 0) is 36.4 Å². The van der Waals surface area contributed by atoms with E-state index in [0.29, 0.717) is 31.1 Å². The first-order valence-electron chi connectivity index (χ1n) is 12.4. The lowest BCUT2D eigenvalue weighted by Gasteiger charge is -2.50. The number of rotatable bonds is 5. The van der Waals surface area contributed by atoms with Crippen molar-refractivity contribution < 1.29 is 9.53 Å². The Labute approximate surface area is 200 Å². The Balaban J connectivity index is 1.10. The third kappa shape index (κ3) is 4.26. The normalized spacial score (nSPS) is 26.5. The molecule has 176 valence electrons. The smallest absolute Gasteiger partial charge is 0.227 e. The van der Waals surface area contributed by atoms with Crippen molar-refractivity contribution in [2.45, 2.75) is 25.4 Å². The van der Waals surface area contributed by atoms with Crippen molar-refractivity contribution in [3.63, 3.8) is 0 Å². The zero-order valence-electron chi connectivity index (χ0n) is 19.4. The second-order valence-electron chi connectivity index (χ2n) is 9.75. The standard InChI is InChI=1S/C27H31N5O2/c33-27(30-12-14-34-15-13-30)25-18-31-11-10-23(25)16-24(31)17-32-19-26(28-29-32)22-8-6-21(7-9-22)20-4-2-1-3-5-20/h1-9,19,23-25H,10-18H2. The monoisotopic (exact) mass is 457 g/mol. The Hall–Kier alpha value is -3.03. The average Bonchev–Trinajstić information content (AvgIpc) is 3.38. The van der Waals surface area contributed by atoms with Gasteiger partial charge in [-0.15, -0.1) is 5.10 Å². The number of nitrogens with zero attached hydrogens (tertiary/aromatic N) is 5. The van der Waals surface area contributed by atoms with Gasteiger partial charge in [0.05, 0.1) is 31.9 Å². The molecule has 7 nitrogen and oxygen atoms in total. The largest absolute Gasteiger partial charge is 0.378 e. The van der Waals surface area contributed by atoms with Crippen molar-refractivity contribution in [2.24, 2.45) is 11.8 Å². The van der Waals surface area contributed by atoms with Crippen molar-refractivity contribution in [1.82, 2.24) is 24.8 Å². The van der Waals surface area contributed by atoms with E-state index in [9.17, 15) is 4.79 Å². The highest BCUT2D eigenvalue weighted by Crippen LogP contribution is 2.38. The molecule has 7 heteroatoms. The summed E-state index contributed by atoms with van der Waals surface area (Å²) in [5, 5.41) is 8.87. The van der Waals surface area contributed by atoms with Crippen LogP contribution in [-0.2, 0) is 16.1 Å². The molecular weight excluding hydrogens is 426 g/mol. The number of amides is 1. The molecule has 5 heterocycles. The molecule has 4 fully saturated rings. The lowest BCUT2D eigenvalue weighted by atomic mass is 9.75. The van der Waals surface area contributed by atoms with Crippen LogP contribution in [0.2, 0.25) is 0 Å². The first kappa shape index (κ1) is 21.5.